The maximum atomic E-state index is 12.5. The van der Waals surface area contributed by atoms with E-state index in [9.17, 15) is 4.79 Å². The lowest BCUT2D eigenvalue weighted by Crippen LogP contribution is -2.40. The fraction of sp³-hybridized carbons (Fsp3) is 0.550. The number of carbonyl (C=O) groups is 1. The Labute approximate surface area is 148 Å². The van der Waals surface area contributed by atoms with Crippen molar-refractivity contribution < 1.29 is 9.32 Å². The van der Waals surface area contributed by atoms with Crippen LogP contribution in [0.15, 0.2) is 28.8 Å². The Morgan fingerprint density at radius 3 is 2.44 bits per heavy atom. The van der Waals surface area contributed by atoms with E-state index in [1.165, 1.54) is 18.4 Å². The van der Waals surface area contributed by atoms with Gasteiger partial charge in [-0.1, -0.05) is 47.8 Å². The highest BCUT2D eigenvalue weighted by Crippen LogP contribution is 2.32. The maximum Gasteiger partial charge on any atom is 0.230 e. The third-order valence-electron chi connectivity index (χ3n) is 5.61. The van der Waals surface area contributed by atoms with Gasteiger partial charge in [-0.2, -0.15) is 4.98 Å². The van der Waals surface area contributed by atoms with Crippen LogP contribution < -0.4 is 0 Å². The van der Waals surface area contributed by atoms with Crippen LogP contribution in [0.5, 0.6) is 0 Å². The predicted octanol–water partition coefficient (Wildman–Crippen LogP) is 3.94. The van der Waals surface area contributed by atoms with E-state index in [-0.39, 0.29) is 11.8 Å². The molecule has 1 aromatic heterocycles. The lowest BCUT2D eigenvalue weighted by atomic mass is 9.95. The zero-order chi connectivity index (χ0) is 17.2. The molecule has 5 nitrogen and oxygen atoms in total. The zero-order valence-electron chi connectivity index (χ0n) is 14.8. The predicted molar refractivity (Wildman–Crippen MR) is 95.0 cm³/mol. The summed E-state index contributed by atoms with van der Waals surface area (Å²) >= 11 is 0. The highest BCUT2D eigenvalue weighted by molar-refractivity contribution is 5.79. The van der Waals surface area contributed by atoms with Gasteiger partial charge >= 0.3 is 0 Å². The van der Waals surface area contributed by atoms with Gasteiger partial charge in [0.25, 0.3) is 0 Å². The van der Waals surface area contributed by atoms with Crippen LogP contribution >= 0.6 is 0 Å². The molecule has 0 unspecified atom stereocenters. The number of piperidine rings is 1. The number of likely N-dealkylation sites (tertiary alicyclic amines) is 1. The van der Waals surface area contributed by atoms with Gasteiger partial charge in [0.2, 0.25) is 17.6 Å². The van der Waals surface area contributed by atoms with E-state index in [0.29, 0.717) is 17.6 Å². The summed E-state index contributed by atoms with van der Waals surface area (Å²) in [6.07, 6.45) is 6.37. The van der Waals surface area contributed by atoms with E-state index in [0.717, 1.165) is 44.3 Å². The molecule has 2 fully saturated rings. The molecule has 132 valence electrons. The average molecular weight is 339 g/mol. The number of carbonyl (C=O) groups excluding carboxylic acids is 1. The summed E-state index contributed by atoms with van der Waals surface area (Å²) in [5.74, 6) is 2.26. The number of amides is 1. The number of rotatable bonds is 3. The first-order valence-corrected chi connectivity index (χ1v) is 9.40. The minimum Gasteiger partial charge on any atom is -0.342 e. The highest BCUT2D eigenvalue weighted by atomic mass is 16.5. The summed E-state index contributed by atoms with van der Waals surface area (Å²) in [6, 6.07) is 8.15. The molecule has 0 spiro atoms. The summed E-state index contributed by atoms with van der Waals surface area (Å²) in [4.78, 5) is 19.2. The molecule has 5 heteroatoms. The van der Waals surface area contributed by atoms with E-state index in [1.807, 2.05) is 17.0 Å². The molecule has 0 atom stereocenters. The Kier molecular flexibility index (Phi) is 4.55. The van der Waals surface area contributed by atoms with Crippen molar-refractivity contribution in [2.45, 2.75) is 51.4 Å². The first-order chi connectivity index (χ1) is 12.2. The van der Waals surface area contributed by atoms with Crippen molar-refractivity contribution in [1.82, 2.24) is 15.0 Å². The topological polar surface area (TPSA) is 59.2 Å². The zero-order valence-corrected chi connectivity index (χ0v) is 14.8. The van der Waals surface area contributed by atoms with Gasteiger partial charge in [0, 0.05) is 30.5 Å². The summed E-state index contributed by atoms with van der Waals surface area (Å²) in [5.41, 5.74) is 2.20. The molecule has 1 saturated heterocycles. The van der Waals surface area contributed by atoms with Gasteiger partial charge in [0.1, 0.15) is 0 Å². The molecular formula is C20H25N3O2. The molecule has 1 aromatic carbocycles. The lowest BCUT2D eigenvalue weighted by molar-refractivity contribution is -0.136. The molecule has 0 radical (unpaired) electrons. The van der Waals surface area contributed by atoms with E-state index in [2.05, 4.69) is 29.2 Å². The van der Waals surface area contributed by atoms with Crippen molar-refractivity contribution in [1.29, 1.82) is 0 Å². The summed E-state index contributed by atoms with van der Waals surface area (Å²) in [6.45, 7) is 3.68. The number of hydrogen-bond acceptors (Lipinski definition) is 4. The normalized spacial score (nSPS) is 19.5. The molecule has 2 heterocycles. The van der Waals surface area contributed by atoms with Gasteiger partial charge in [-0.25, -0.2) is 0 Å². The first-order valence-electron chi connectivity index (χ1n) is 9.40. The van der Waals surface area contributed by atoms with Crippen molar-refractivity contribution in [3.63, 3.8) is 0 Å². The fourth-order valence-corrected chi connectivity index (χ4v) is 4.00. The molecule has 1 aliphatic heterocycles. The molecular weight excluding hydrogens is 314 g/mol. The molecule has 0 N–H and O–H groups in total. The Morgan fingerprint density at radius 1 is 1.08 bits per heavy atom. The third kappa shape index (κ3) is 3.46. The second-order valence-electron chi connectivity index (χ2n) is 7.40. The Bertz CT molecular complexity index is 724. The second-order valence-corrected chi connectivity index (χ2v) is 7.40. The van der Waals surface area contributed by atoms with Crippen LogP contribution in [0.1, 0.15) is 55.9 Å². The molecule has 2 aliphatic rings. The van der Waals surface area contributed by atoms with Crippen molar-refractivity contribution >= 4 is 5.91 Å². The average Bonchev–Trinajstić information content (AvgIpc) is 3.34. The molecule has 2 aromatic rings. The minimum atomic E-state index is 0.263. The van der Waals surface area contributed by atoms with Crippen LogP contribution in [-0.2, 0) is 4.79 Å². The van der Waals surface area contributed by atoms with E-state index in [1.54, 1.807) is 0 Å². The van der Waals surface area contributed by atoms with E-state index in [4.69, 9.17) is 4.52 Å². The third-order valence-corrected chi connectivity index (χ3v) is 5.61. The fourth-order valence-electron chi connectivity index (χ4n) is 4.00. The van der Waals surface area contributed by atoms with Gasteiger partial charge in [0.05, 0.1) is 0 Å². The van der Waals surface area contributed by atoms with Gasteiger partial charge in [0.15, 0.2) is 0 Å². The van der Waals surface area contributed by atoms with Gasteiger partial charge in [-0.15, -0.1) is 0 Å². The number of hydrogen-bond donors (Lipinski definition) is 0. The van der Waals surface area contributed by atoms with E-state index < -0.39 is 0 Å². The quantitative estimate of drug-likeness (QED) is 0.850. The van der Waals surface area contributed by atoms with Crippen LogP contribution in [0.3, 0.4) is 0 Å². The van der Waals surface area contributed by atoms with Crippen LogP contribution in [-0.4, -0.2) is 34.0 Å². The Morgan fingerprint density at radius 2 is 1.76 bits per heavy atom. The number of aromatic nitrogens is 2. The van der Waals surface area contributed by atoms with Crippen LogP contribution in [0.25, 0.3) is 11.4 Å². The number of nitrogens with zero attached hydrogens (tertiary/aromatic N) is 3. The van der Waals surface area contributed by atoms with Crippen LogP contribution in [0.4, 0.5) is 0 Å². The molecule has 0 bridgehead atoms. The van der Waals surface area contributed by atoms with Crippen molar-refractivity contribution in [2.75, 3.05) is 13.1 Å². The smallest absolute Gasteiger partial charge is 0.230 e. The molecule has 1 saturated carbocycles. The first kappa shape index (κ1) is 16.3. The Hall–Kier alpha value is -2.17. The van der Waals surface area contributed by atoms with Gasteiger partial charge < -0.3 is 9.42 Å². The van der Waals surface area contributed by atoms with Crippen LogP contribution in [0.2, 0.25) is 0 Å². The standard InChI is InChI=1S/C20H25N3O2/c1-14-6-8-15(9-7-14)18-21-19(25-22-18)16-10-12-23(13-11-16)20(24)17-4-2-3-5-17/h6-9,16-17H,2-5,10-13H2,1H3. The largest absolute Gasteiger partial charge is 0.342 e. The van der Waals surface area contributed by atoms with Crippen molar-refractivity contribution in [2.24, 2.45) is 5.92 Å². The second kappa shape index (κ2) is 6.98. The highest BCUT2D eigenvalue weighted by Gasteiger charge is 2.32. The summed E-state index contributed by atoms with van der Waals surface area (Å²) in [7, 11) is 0. The summed E-state index contributed by atoms with van der Waals surface area (Å²) in [5, 5.41) is 4.14. The molecule has 4 rings (SSSR count). The van der Waals surface area contributed by atoms with Crippen molar-refractivity contribution in [3.8, 4) is 11.4 Å². The van der Waals surface area contributed by atoms with Gasteiger partial charge in [-0.05, 0) is 32.6 Å². The maximum absolute atomic E-state index is 12.5. The monoisotopic (exact) mass is 339 g/mol. The number of aryl methyl sites for hydroxylation is 1. The molecule has 25 heavy (non-hydrogen) atoms. The minimum absolute atomic E-state index is 0.263. The summed E-state index contributed by atoms with van der Waals surface area (Å²) < 4.78 is 5.52. The van der Waals surface area contributed by atoms with Crippen molar-refractivity contribution in [3.05, 3.63) is 35.7 Å². The SMILES string of the molecule is Cc1ccc(-c2noc(C3CCN(C(=O)C4CCCC4)CC3)n2)cc1. The molecule has 1 amide bonds. The number of benzene rings is 1. The molecule has 1 aliphatic carbocycles. The van der Waals surface area contributed by atoms with Crippen LogP contribution in [0, 0.1) is 12.8 Å². The van der Waals surface area contributed by atoms with E-state index >= 15 is 0 Å². The lowest BCUT2D eigenvalue weighted by Gasteiger charge is -2.32. The Balaban J connectivity index is 1.38. The van der Waals surface area contributed by atoms with Gasteiger partial charge in [-0.3, -0.25) is 4.79 Å².